The lowest BCUT2D eigenvalue weighted by Gasteiger charge is -2.18. The van der Waals surface area contributed by atoms with Gasteiger partial charge in [-0.15, -0.1) is 0 Å². The quantitative estimate of drug-likeness (QED) is 0.859. The van der Waals surface area contributed by atoms with Gasteiger partial charge in [0.05, 0.1) is 17.6 Å². The van der Waals surface area contributed by atoms with Crippen LogP contribution in [0.3, 0.4) is 0 Å². The largest absolute Gasteiger partial charge is 0.496 e. The third-order valence-electron chi connectivity index (χ3n) is 3.38. The number of hydrogen-bond acceptors (Lipinski definition) is 2. The number of methoxy groups -OCH3 is 1. The average Bonchev–Trinajstić information content (AvgIpc) is 2.66. The van der Waals surface area contributed by atoms with Crippen LogP contribution in [0.5, 0.6) is 5.75 Å². The molecule has 18 heavy (non-hydrogen) atoms. The van der Waals surface area contributed by atoms with Crippen molar-refractivity contribution in [2.45, 2.75) is 13.0 Å². The Kier molecular flexibility index (Phi) is 3.80. The molecule has 0 radical (unpaired) electrons. The maximum atomic E-state index is 11.9. The SMILES string of the molecule is CCN1CC(c2ccc(OC)c(Br)c2)N(C)C1=O. The normalized spacial score (nSPS) is 19.6. The van der Waals surface area contributed by atoms with E-state index < -0.39 is 0 Å². The van der Waals surface area contributed by atoms with Crippen LogP contribution in [0.2, 0.25) is 0 Å². The number of nitrogens with zero attached hydrogens (tertiary/aromatic N) is 2. The number of halogens is 1. The van der Waals surface area contributed by atoms with Crippen LogP contribution in [0.4, 0.5) is 4.79 Å². The van der Waals surface area contributed by atoms with Crippen molar-refractivity contribution < 1.29 is 9.53 Å². The molecule has 1 fully saturated rings. The van der Waals surface area contributed by atoms with Crippen LogP contribution in [0.25, 0.3) is 0 Å². The molecule has 2 rings (SSSR count). The summed E-state index contributed by atoms with van der Waals surface area (Å²) >= 11 is 3.48. The molecule has 2 amide bonds. The van der Waals surface area contributed by atoms with Crippen molar-refractivity contribution >= 4 is 22.0 Å². The van der Waals surface area contributed by atoms with E-state index >= 15 is 0 Å². The molecule has 1 atom stereocenters. The van der Waals surface area contributed by atoms with E-state index in [4.69, 9.17) is 4.74 Å². The molecule has 1 aliphatic rings. The first kappa shape index (κ1) is 13.2. The van der Waals surface area contributed by atoms with E-state index in [2.05, 4.69) is 15.9 Å². The van der Waals surface area contributed by atoms with Crippen LogP contribution in [-0.4, -0.2) is 43.1 Å². The Morgan fingerprint density at radius 2 is 2.22 bits per heavy atom. The van der Waals surface area contributed by atoms with Gasteiger partial charge in [-0.3, -0.25) is 0 Å². The molecule has 1 unspecified atom stereocenters. The van der Waals surface area contributed by atoms with Crippen LogP contribution in [-0.2, 0) is 0 Å². The minimum absolute atomic E-state index is 0.0921. The number of carbonyl (C=O) groups is 1. The molecule has 0 spiro atoms. The van der Waals surface area contributed by atoms with Gasteiger partial charge < -0.3 is 14.5 Å². The fourth-order valence-electron chi connectivity index (χ4n) is 2.25. The van der Waals surface area contributed by atoms with Gasteiger partial charge in [0, 0.05) is 20.1 Å². The van der Waals surface area contributed by atoms with E-state index in [1.807, 2.05) is 37.1 Å². The standard InChI is InChI=1S/C13H17BrN2O2/c1-4-16-8-11(15(2)13(16)17)9-5-6-12(18-3)10(14)7-9/h5-7,11H,4,8H2,1-3H3. The number of carbonyl (C=O) groups excluding carboxylic acids is 1. The van der Waals surface area contributed by atoms with E-state index in [1.54, 1.807) is 12.0 Å². The number of hydrogen-bond donors (Lipinski definition) is 0. The fourth-order valence-corrected chi connectivity index (χ4v) is 2.81. The Labute approximate surface area is 116 Å². The maximum Gasteiger partial charge on any atom is 0.320 e. The van der Waals surface area contributed by atoms with Crippen molar-refractivity contribution in [2.75, 3.05) is 27.2 Å². The van der Waals surface area contributed by atoms with E-state index in [9.17, 15) is 4.79 Å². The lowest BCUT2D eigenvalue weighted by atomic mass is 10.1. The lowest BCUT2D eigenvalue weighted by Crippen LogP contribution is -2.29. The molecule has 1 heterocycles. The number of benzene rings is 1. The van der Waals surface area contributed by atoms with Gasteiger partial charge in [0.15, 0.2) is 0 Å². The van der Waals surface area contributed by atoms with Crippen molar-refractivity contribution in [1.29, 1.82) is 0 Å². The van der Waals surface area contributed by atoms with Gasteiger partial charge in [-0.25, -0.2) is 4.79 Å². The van der Waals surface area contributed by atoms with Gasteiger partial charge in [0.25, 0.3) is 0 Å². The second-order valence-corrected chi connectivity index (χ2v) is 5.20. The molecule has 1 aromatic rings. The molecule has 1 aromatic carbocycles. The lowest BCUT2D eigenvalue weighted by molar-refractivity contribution is 0.197. The highest BCUT2D eigenvalue weighted by Gasteiger charge is 2.34. The molecule has 0 aromatic heterocycles. The van der Waals surface area contributed by atoms with Crippen molar-refractivity contribution in [1.82, 2.24) is 9.80 Å². The molecule has 98 valence electrons. The third-order valence-corrected chi connectivity index (χ3v) is 4.00. The minimum atomic E-state index is 0.0921. The Hall–Kier alpha value is -1.23. The van der Waals surface area contributed by atoms with Gasteiger partial charge in [-0.2, -0.15) is 0 Å². The first-order valence-electron chi connectivity index (χ1n) is 5.93. The highest BCUT2D eigenvalue weighted by molar-refractivity contribution is 9.10. The topological polar surface area (TPSA) is 32.8 Å². The molecule has 0 bridgehead atoms. The second kappa shape index (κ2) is 5.18. The second-order valence-electron chi connectivity index (χ2n) is 4.34. The molecular weight excluding hydrogens is 296 g/mol. The van der Waals surface area contributed by atoms with Gasteiger partial charge in [0.2, 0.25) is 0 Å². The molecule has 1 saturated heterocycles. The zero-order chi connectivity index (χ0) is 13.3. The smallest absolute Gasteiger partial charge is 0.320 e. The van der Waals surface area contributed by atoms with Crippen molar-refractivity contribution in [3.8, 4) is 5.75 Å². The number of urea groups is 1. The van der Waals surface area contributed by atoms with Crippen LogP contribution in [0.1, 0.15) is 18.5 Å². The summed E-state index contributed by atoms with van der Waals surface area (Å²) in [4.78, 5) is 15.6. The van der Waals surface area contributed by atoms with Crippen molar-refractivity contribution in [3.05, 3.63) is 28.2 Å². The zero-order valence-corrected chi connectivity index (χ0v) is 12.4. The summed E-state index contributed by atoms with van der Waals surface area (Å²) in [7, 11) is 3.49. The van der Waals surface area contributed by atoms with E-state index in [-0.39, 0.29) is 12.1 Å². The summed E-state index contributed by atoms with van der Waals surface area (Å²) in [5, 5.41) is 0. The summed E-state index contributed by atoms with van der Waals surface area (Å²) in [6.45, 7) is 3.49. The summed E-state index contributed by atoms with van der Waals surface area (Å²) in [5.74, 6) is 0.804. The Morgan fingerprint density at radius 1 is 1.50 bits per heavy atom. The molecular formula is C13H17BrN2O2. The first-order valence-corrected chi connectivity index (χ1v) is 6.73. The first-order chi connectivity index (χ1) is 8.58. The van der Waals surface area contributed by atoms with E-state index in [0.29, 0.717) is 0 Å². The average molecular weight is 313 g/mol. The number of ether oxygens (including phenoxy) is 1. The van der Waals surface area contributed by atoms with Gasteiger partial charge in [-0.1, -0.05) is 6.07 Å². The Bertz CT molecular complexity index is 464. The molecule has 0 saturated carbocycles. The number of likely N-dealkylation sites (N-methyl/N-ethyl adjacent to an activating group) is 2. The monoisotopic (exact) mass is 312 g/mol. The fraction of sp³-hybridized carbons (Fsp3) is 0.462. The Balaban J connectivity index is 2.27. The van der Waals surface area contributed by atoms with Crippen molar-refractivity contribution in [3.63, 3.8) is 0 Å². The van der Waals surface area contributed by atoms with Crippen LogP contribution in [0, 0.1) is 0 Å². The van der Waals surface area contributed by atoms with Crippen LogP contribution >= 0.6 is 15.9 Å². The highest BCUT2D eigenvalue weighted by Crippen LogP contribution is 2.33. The number of rotatable bonds is 3. The zero-order valence-electron chi connectivity index (χ0n) is 10.8. The predicted molar refractivity (Wildman–Crippen MR) is 73.8 cm³/mol. The van der Waals surface area contributed by atoms with E-state index in [1.165, 1.54) is 0 Å². The molecule has 0 N–H and O–H groups in total. The predicted octanol–water partition coefficient (Wildman–Crippen LogP) is 2.89. The molecule has 4 nitrogen and oxygen atoms in total. The highest BCUT2D eigenvalue weighted by atomic mass is 79.9. The minimum Gasteiger partial charge on any atom is -0.496 e. The summed E-state index contributed by atoms with van der Waals surface area (Å²) in [6.07, 6.45) is 0. The van der Waals surface area contributed by atoms with Gasteiger partial charge in [-0.05, 0) is 40.5 Å². The summed E-state index contributed by atoms with van der Waals surface area (Å²) < 4.78 is 6.13. The van der Waals surface area contributed by atoms with Crippen LogP contribution < -0.4 is 4.74 Å². The summed E-state index contributed by atoms with van der Waals surface area (Å²) in [6, 6.07) is 6.16. The number of amides is 2. The molecule has 0 aliphatic carbocycles. The van der Waals surface area contributed by atoms with E-state index in [0.717, 1.165) is 28.9 Å². The Morgan fingerprint density at radius 3 is 2.72 bits per heavy atom. The van der Waals surface area contributed by atoms with Gasteiger partial charge in [0.1, 0.15) is 5.75 Å². The molecule has 5 heteroatoms. The molecule has 1 aliphatic heterocycles. The third kappa shape index (κ3) is 2.19. The van der Waals surface area contributed by atoms with Crippen molar-refractivity contribution in [2.24, 2.45) is 0 Å². The summed E-state index contributed by atoms with van der Waals surface area (Å²) in [5.41, 5.74) is 1.12. The van der Waals surface area contributed by atoms with Crippen LogP contribution in [0.15, 0.2) is 22.7 Å². The maximum absolute atomic E-state index is 11.9. The van der Waals surface area contributed by atoms with Gasteiger partial charge >= 0.3 is 6.03 Å².